The van der Waals surface area contributed by atoms with Gasteiger partial charge in [-0.2, -0.15) is 0 Å². The lowest BCUT2D eigenvalue weighted by atomic mass is 9.72. The molecule has 0 amide bonds. The summed E-state index contributed by atoms with van der Waals surface area (Å²) in [7, 11) is 0. The van der Waals surface area contributed by atoms with Crippen LogP contribution in [-0.2, 0) is 0 Å². The maximum atomic E-state index is 6.15. The molecule has 1 spiro atoms. The Balaban J connectivity index is 1.98. The van der Waals surface area contributed by atoms with Crippen molar-refractivity contribution >= 4 is 28.9 Å². The number of nitrogens with one attached hydrogen (secondary N) is 1. The number of benzene rings is 1. The lowest BCUT2D eigenvalue weighted by Crippen LogP contribution is -2.44. The summed E-state index contributed by atoms with van der Waals surface area (Å²) in [6.45, 7) is 2.31. The molecule has 18 heavy (non-hydrogen) atoms. The van der Waals surface area contributed by atoms with Crippen LogP contribution in [0.2, 0.25) is 10.0 Å². The minimum Gasteiger partial charge on any atom is -0.379 e. The molecule has 1 aromatic rings. The van der Waals surface area contributed by atoms with Crippen LogP contribution in [-0.4, -0.2) is 5.54 Å². The number of rotatable bonds is 0. The van der Waals surface area contributed by atoms with Gasteiger partial charge in [0.1, 0.15) is 0 Å². The zero-order chi connectivity index (χ0) is 12.8. The first-order chi connectivity index (χ1) is 8.60. The van der Waals surface area contributed by atoms with Gasteiger partial charge in [0.25, 0.3) is 0 Å². The minimum atomic E-state index is 0.307. The number of hydrogen-bond donors (Lipinski definition) is 1. The fraction of sp³-hybridized carbons (Fsp3) is 0.600. The van der Waals surface area contributed by atoms with E-state index in [1.165, 1.54) is 49.8 Å². The van der Waals surface area contributed by atoms with Gasteiger partial charge in [0.15, 0.2) is 0 Å². The first kappa shape index (κ1) is 12.6. The van der Waals surface area contributed by atoms with Crippen molar-refractivity contribution in [1.29, 1.82) is 0 Å². The molecule has 98 valence electrons. The Hall–Kier alpha value is -0.400. The Kier molecular flexibility index (Phi) is 3.23. The molecule has 1 atom stereocenters. The predicted octanol–water partition coefficient (Wildman–Crippen LogP) is 5.62. The van der Waals surface area contributed by atoms with E-state index in [0.717, 1.165) is 0 Å². The Morgan fingerprint density at radius 1 is 1.11 bits per heavy atom. The van der Waals surface area contributed by atoms with E-state index < -0.39 is 0 Å². The second kappa shape index (κ2) is 4.61. The maximum absolute atomic E-state index is 6.15. The van der Waals surface area contributed by atoms with Crippen LogP contribution in [0, 0.1) is 0 Å². The summed E-state index contributed by atoms with van der Waals surface area (Å²) in [4.78, 5) is 0. The van der Waals surface area contributed by atoms with Crippen molar-refractivity contribution in [1.82, 2.24) is 0 Å². The third-order valence-electron chi connectivity index (χ3n) is 4.53. The smallest absolute Gasteiger partial charge is 0.0613 e. The van der Waals surface area contributed by atoms with Gasteiger partial charge in [-0.1, -0.05) is 49.4 Å². The molecule has 1 aliphatic carbocycles. The molecule has 1 heterocycles. The Labute approximate surface area is 119 Å². The molecule has 3 heteroatoms. The molecule has 1 saturated carbocycles. The Morgan fingerprint density at radius 2 is 1.78 bits per heavy atom. The average Bonchev–Trinajstić information content (AvgIpc) is 2.33. The molecular formula is C15H19Cl2N. The molecule has 3 rings (SSSR count). The van der Waals surface area contributed by atoms with Gasteiger partial charge in [-0.3, -0.25) is 0 Å². The van der Waals surface area contributed by atoms with Crippen LogP contribution in [0.1, 0.15) is 56.9 Å². The van der Waals surface area contributed by atoms with Crippen molar-refractivity contribution in [2.75, 3.05) is 5.32 Å². The summed E-state index contributed by atoms with van der Waals surface area (Å²) in [5, 5.41) is 5.09. The molecular weight excluding hydrogens is 265 g/mol. The fourth-order valence-electron chi connectivity index (χ4n) is 3.67. The van der Waals surface area contributed by atoms with E-state index >= 15 is 0 Å². The highest BCUT2D eigenvalue weighted by atomic mass is 35.5. The zero-order valence-corrected chi connectivity index (χ0v) is 12.2. The zero-order valence-electron chi connectivity index (χ0n) is 10.7. The van der Waals surface area contributed by atoms with E-state index in [-0.39, 0.29) is 0 Å². The van der Waals surface area contributed by atoms with Crippen molar-refractivity contribution < 1.29 is 0 Å². The number of halogens is 2. The predicted molar refractivity (Wildman–Crippen MR) is 78.9 cm³/mol. The molecule has 1 fully saturated rings. The highest BCUT2D eigenvalue weighted by Gasteiger charge is 2.38. The SMILES string of the molecule is CC1CC2(CCCCC2)Nc2cc(Cl)c(Cl)cc21. The molecule has 1 aromatic carbocycles. The molecule has 1 nitrogen and oxygen atoms in total. The third-order valence-corrected chi connectivity index (χ3v) is 5.25. The maximum Gasteiger partial charge on any atom is 0.0613 e. The van der Waals surface area contributed by atoms with Gasteiger partial charge in [0.2, 0.25) is 0 Å². The summed E-state index contributed by atoms with van der Waals surface area (Å²) < 4.78 is 0. The van der Waals surface area contributed by atoms with Gasteiger partial charge in [-0.05, 0) is 42.9 Å². The van der Waals surface area contributed by atoms with Crippen LogP contribution in [0.3, 0.4) is 0 Å². The van der Waals surface area contributed by atoms with E-state index in [4.69, 9.17) is 23.2 Å². The van der Waals surface area contributed by atoms with E-state index in [2.05, 4.69) is 12.2 Å². The normalized spacial score (nSPS) is 25.6. The van der Waals surface area contributed by atoms with Crippen LogP contribution in [0.4, 0.5) is 5.69 Å². The number of anilines is 1. The Bertz CT molecular complexity index is 464. The van der Waals surface area contributed by atoms with E-state index in [9.17, 15) is 0 Å². The summed E-state index contributed by atoms with van der Waals surface area (Å²) >= 11 is 12.3. The minimum absolute atomic E-state index is 0.307. The summed E-state index contributed by atoms with van der Waals surface area (Å²) in [6.07, 6.45) is 7.87. The van der Waals surface area contributed by atoms with Crippen molar-refractivity contribution in [3.8, 4) is 0 Å². The molecule has 0 saturated heterocycles. The van der Waals surface area contributed by atoms with E-state index in [1.807, 2.05) is 12.1 Å². The van der Waals surface area contributed by atoms with Crippen LogP contribution in [0.5, 0.6) is 0 Å². The van der Waals surface area contributed by atoms with Gasteiger partial charge in [0.05, 0.1) is 10.0 Å². The van der Waals surface area contributed by atoms with Crippen LogP contribution < -0.4 is 5.32 Å². The number of fused-ring (bicyclic) bond motifs is 1. The summed E-state index contributed by atoms with van der Waals surface area (Å²) in [5.74, 6) is 0.564. The van der Waals surface area contributed by atoms with Crippen LogP contribution in [0.25, 0.3) is 0 Å². The first-order valence-corrected chi connectivity index (χ1v) is 7.62. The third kappa shape index (κ3) is 2.12. The largest absolute Gasteiger partial charge is 0.379 e. The molecule has 0 aromatic heterocycles. The van der Waals surface area contributed by atoms with E-state index in [1.54, 1.807) is 0 Å². The van der Waals surface area contributed by atoms with Crippen molar-refractivity contribution in [3.05, 3.63) is 27.7 Å². The topological polar surface area (TPSA) is 12.0 Å². The van der Waals surface area contributed by atoms with Crippen molar-refractivity contribution in [2.45, 2.75) is 56.9 Å². The highest BCUT2D eigenvalue weighted by Crippen LogP contribution is 2.47. The Morgan fingerprint density at radius 3 is 2.50 bits per heavy atom. The quantitative estimate of drug-likeness (QED) is 0.652. The van der Waals surface area contributed by atoms with Gasteiger partial charge in [-0.25, -0.2) is 0 Å². The fourth-order valence-corrected chi connectivity index (χ4v) is 4.00. The molecule has 0 radical (unpaired) electrons. The summed E-state index contributed by atoms with van der Waals surface area (Å²) in [5.41, 5.74) is 2.83. The molecule has 2 aliphatic rings. The lowest BCUT2D eigenvalue weighted by molar-refractivity contribution is 0.282. The lowest BCUT2D eigenvalue weighted by Gasteiger charge is -2.45. The highest BCUT2D eigenvalue weighted by molar-refractivity contribution is 6.42. The van der Waals surface area contributed by atoms with Gasteiger partial charge < -0.3 is 5.32 Å². The number of hydrogen-bond acceptors (Lipinski definition) is 1. The van der Waals surface area contributed by atoms with Crippen molar-refractivity contribution in [3.63, 3.8) is 0 Å². The van der Waals surface area contributed by atoms with Crippen LogP contribution in [0.15, 0.2) is 12.1 Å². The standard InChI is InChI=1S/C15H19Cl2N/c1-10-9-15(5-3-2-4-6-15)18-14-8-13(17)12(16)7-11(10)14/h7-8,10,18H,2-6,9H2,1H3. The average molecular weight is 284 g/mol. The van der Waals surface area contributed by atoms with Gasteiger partial charge >= 0.3 is 0 Å². The van der Waals surface area contributed by atoms with Gasteiger partial charge in [0, 0.05) is 11.2 Å². The molecule has 0 bridgehead atoms. The summed E-state index contributed by atoms with van der Waals surface area (Å²) in [6, 6.07) is 4.04. The van der Waals surface area contributed by atoms with Crippen molar-refractivity contribution in [2.24, 2.45) is 0 Å². The second-order valence-corrected chi connectivity index (χ2v) is 6.74. The van der Waals surface area contributed by atoms with E-state index in [0.29, 0.717) is 21.5 Å². The molecule has 1 N–H and O–H groups in total. The molecule has 1 unspecified atom stereocenters. The second-order valence-electron chi connectivity index (χ2n) is 5.92. The molecule has 1 aliphatic heterocycles. The monoisotopic (exact) mass is 283 g/mol. The van der Waals surface area contributed by atoms with Gasteiger partial charge in [-0.15, -0.1) is 0 Å². The van der Waals surface area contributed by atoms with Crippen LogP contribution >= 0.6 is 23.2 Å². The first-order valence-electron chi connectivity index (χ1n) is 6.87.